The molecule has 0 aliphatic carbocycles. The van der Waals surface area contributed by atoms with Crippen LogP contribution in [0.4, 0.5) is 34.5 Å². The van der Waals surface area contributed by atoms with E-state index in [1.807, 2.05) is 20.8 Å². The number of anilines is 3. The number of hydrogen-bond donors (Lipinski definition) is 4. The summed E-state index contributed by atoms with van der Waals surface area (Å²) in [5.74, 6) is -0.550. The van der Waals surface area contributed by atoms with Crippen molar-refractivity contribution in [3.8, 4) is 0 Å². The minimum absolute atomic E-state index is 0.0512. The lowest BCUT2D eigenvalue weighted by molar-refractivity contribution is -0.137. The zero-order valence-electron chi connectivity index (χ0n) is 23.0. The van der Waals surface area contributed by atoms with E-state index in [1.165, 1.54) is 24.5 Å². The average Bonchev–Trinajstić information content (AvgIpc) is 3.53. The van der Waals surface area contributed by atoms with Crippen LogP contribution in [0.2, 0.25) is 0 Å². The molecule has 218 valence electrons. The Hall–Kier alpha value is -4.14. The van der Waals surface area contributed by atoms with Gasteiger partial charge in [0.2, 0.25) is 0 Å². The first kappa shape index (κ1) is 29.8. The summed E-state index contributed by atoms with van der Waals surface area (Å²) in [6.45, 7) is 5.89. The third-order valence-electron chi connectivity index (χ3n) is 6.05. The molecule has 1 aliphatic rings. The van der Waals surface area contributed by atoms with Gasteiger partial charge in [0, 0.05) is 43.3 Å². The molecule has 41 heavy (non-hydrogen) atoms. The second-order valence-corrected chi connectivity index (χ2v) is 10.6. The fourth-order valence-corrected chi connectivity index (χ4v) is 4.81. The number of alkyl halides is 3. The van der Waals surface area contributed by atoms with Gasteiger partial charge in [0.1, 0.15) is 0 Å². The first-order valence-electron chi connectivity index (χ1n) is 12.5. The van der Waals surface area contributed by atoms with Crippen molar-refractivity contribution in [2.75, 3.05) is 29.8 Å². The van der Waals surface area contributed by atoms with E-state index >= 15 is 0 Å². The summed E-state index contributed by atoms with van der Waals surface area (Å²) < 4.78 is 45.3. The van der Waals surface area contributed by atoms with Crippen molar-refractivity contribution >= 4 is 45.5 Å². The molecule has 2 amide bonds. The van der Waals surface area contributed by atoms with Crippen molar-refractivity contribution in [1.29, 1.82) is 0 Å². The molecule has 2 heterocycles. The van der Waals surface area contributed by atoms with Crippen molar-refractivity contribution in [3.05, 3.63) is 75.9 Å². The summed E-state index contributed by atoms with van der Waals surface area (Å²) in [6, 6.07) is 8.63. The molecule has 4 N–H and O–H groups in total. The number of halogens is 3. The number of amides is 2. The zero-order valence-corrected chi connectivity index (χ0v) is 23.8. The Bertz CT molecular complexity index is 1470. The van der Waals surface area contributed by atoms with Crippen LogP contribution in [0.1, 0.15) is 45.8 Å². The number of benzene rings is 2. The number of thiazole rings is 1. The number of ether oxygens (including phenoxy) is 1. The molecule has 1 aromatic heterocycles. The number of aryl methyl sites for hydroxylation is 1. The minimum atomic E-state index is -4.56. The fourth-order valence-electron chi connectivity index (χ4n) is 3.96. The lowest BCUT2D eigenvalue weighted by Crippen LogP contribution is -2.38. The van der Waals surface area contributed by atoms with Crippen LogP contribution >= 0.6 is 11.3 Å². The number of methoxy groups -OCH3 is 1. The highest BCUT2D eigenvalue weighted by Crippen LogP contribution is 2.34. The molecular weight excluding hydrogens is 559 g/mol. The summed E-state index contributed by atoms with van der Waals surface area (Å²) in [6.07, 6.45) is -1.77. The summed E-state index contributed by atoms with van der Waals surface area (Å²) in [5, 5.41) is 12.1. The topological polar surface area (TPSA) is 111 Å². The molecule has 0 unspecified atom stereocenters. The van der Waals surface area contributed by atoms with Gasteiger partial charge in [-0.05, 0) is 48.4 Å². The van der Waals surface area contributed by atoms with Gasteiger partial charge in [-0.15, -0.1) is 5.53 Å². The molecule has 14 heteroatoms. The first-order valence-corrected chi connectivity index (χ1v) is 13.3. The Labute approximate surface area is 239 Å². The maximum absolute atomic E-state index is 13.6. The molecular formula is C27H30F3N7O3S. The Kier molecular flexibility index (Phi) is 8.85. The molecule has 0 atom stereocenters. The SMILES string of the molecule is COC(=O)Nc1ncc(C2=CN(c3cc(C(=O)Nc4cc(CNC(C)C)cc(C(F)(F)F)c4)ccc3C)NN2C)s1. The van der Waals surface area contributed by atoms with Gasteiger partial charge in [0.25, 0.3) is 5.91 Å². The second kappa shape index (κ2) is 12.2. The summed E-state index contributed by atoms with van der Waals surface area (Å²) >= 11 is 1.25. The highest BCUT2D eigenvalue weighted by atomic mass is 32.1. The van der Waals surface area contributed by atoms with E-state index in [1.54, 1.807) is 47.7 Å². The van der Waals surface area contributed by atoms with Crippen LogP contribution in [0.3, 0.4) is 0 Å². The molecule has 3 aromatic rings. The predicted octanol–water partition coefficient (Wildman–Crippen LogP) is 5.57. The number of nitrogens with zero attached hydrogens (tertiary/aromatic N) is 3. The monoisotopic (exact) mass is 589 g/mol. The molecule has 0 saturated carbocycles. The third-order valence-corrected chi connectivity index (χ3v) is 6.98. The van der Waals surface area contributed by atoms with E-state index in [9.17, 15) is 22.8 Å². The molecule has 0 radical (unpaired) electrons. The highest BCUT2D eigenvalue weighted by molar-refractivity contribution is 7.16. The van der Waals surface area contributed by atoms with Gasteiger partial charge in [0.05, 0.1) is 28.9 Å². The Morgan fingerprint density at radius 3 is 2.59 bits per heavy atom. The quantitative estimate of drug-likeness (QED) is 0.270. The lowest BCUT2D eigenvalue weighted by Gasteiger charge is -2.22. The van der Waals surface area contributed by atoms with E-state index in [2.05, 4.69) is 31.2 Å². The molecule has 4 rings (SSSR count). The Morgan fingerprint density at radius 2 is 1.90 bits per heavy atom. The van der Waals surface area contributed by atoms with Gasteiger partial charge < -0.3 is 15.4 Å². The van der Waals surface area contributed by atoms with E-state index in [4.69, 9.17) is 0 Å². The number of hydrazine groups is 2. The summed E-state index contributed by atoms with van der Waals surface area (Å²) in [7, 11) is 3.06. The van der Waals surface area contributed by atoms with Crippen LogP contribution in [0, 0.1) is 6.92 Å². The number of aromatic nitrogens is 1. The normalized spacial score (nSPS) is 13.4. The number of carbonyl (C=O) groups excluding carboxylic acids is 2. The van der Waals surface area contributed by atoms with Gasteiger partial charge in [-0.3, -0.25) is 20.1 Å². The van der Waals surface area contributed by atoms with Crippen molar-refractivity contribution < 1.29 is 27.5 Å². The smallest absolute Gasteiger partial charge is 0.416 e. The largest absolute Gasteiger partial charge is 0.453 e. The predicted molar refractivity (Wildman–Crippen MR) is 152 cm³/mol. The number of carbonyl (C=O) groups is 2. The molecule has 1 aliphatic heterocycles. The van der Waals surface area contributed by atoms with Gasteiger partial charge in [-0.25, -0.2) is 9.78 Å². The van der Waals surface area contributed by atoms with Gasteiger partial charge >= 0.3 is 12.3 Å². The zero-order chi connectivity index (χ0) is 29.9. The molecule has 2 aromatic carbocycles. The van der Waals surface area contributed by atoms with E-state index in [-0.39, 0.29) is 23.8 Å². The molecule has 0 saturated heterocycles. The Balaban J connectivity index is 1.56. The van der Waals surface area contributed by atoms with Crippen LogP contribution < -0.4 is 26.5 Å². The maximum Gasteiger partial charge on any atom is 0.416 e. The van der Waals surface area contributed by atoms with Gasteiger partial charge in [-0.2, -0.15) is 13.2 Å². The van der Waals surface area contributed by atoms with Crippen molar-refractivity contribution in [2.45, 2.75) is 39.5 Å². The van der Waals surface area contributed by atoms with Gasteiger partial charge in [0.15, 0.2) is 5.13 Å². The minimum Gasteiger partial charge on any atom is -0.453 e. The second-order valence-electron chi connectivity index (χ2n) is 9.60. The molecule has 0 bridgehead atoms. The third kappa shape index (κ3) is 7.34. The standard InChI is InChI=1S/C27H30F3N7O3S/c1-15(2)31-12-17-8-19(27(28,29)30)11-20(9-17)33-24(38)18-7-6-16(3)21(10-18)37-14-22(36(4)35-37)23-13-32-25(41-23)34-26(39)40-5/h6-11,13-15,31,35H,12H2,1-5H3,(H,33,38)(H,32,34,39). The van der Waals surface area contributed by atoms with Crippen LogP contribution in [0.5, 0.6) is 0 Å². The van der Waals surface area contributed by atoms with E-state index < -0.39 is 23.7 Å². The molecule has 10 nitrogen and oxygen atoms in total. The van der Waals surface area contributed by atoms with E-state index in [0.717, 1.165) is 28.3 Å². The first-order chi connectivity index (χ1) is 19.3. The van der Waals surface area contributed by atoms with Crippen molar-refractivity contribution in [1.82, 2.24) is 20.8 Å². The summed E-state index contributed by atoms with van der Waals surface area (Å²) in [5.41, 5.74) is 5.30. The van der Waals surface area contributed by atoms with Crippen LogP contribution in [-0.4, -0.2) is 42.2 Å². The van der Waals surface area contributed by atoms with Crippen molar-refractivity contribution in [2.24, 2.45) is 0 Å². The fraction of sp³-hybridized carbons (Fsp3) is 0.296. The summed E-state index contributed by atoms with van der Waals surface area (Å²) in [4.78, 5) is 29.6. The lowest BCUT2D eigenvalue weighted by atomic mass is 10.1. The number of hydrogen-bond acceptors (Lipinski definition) is 9. The Morgan fingerprint density at radius 1 is 1.15 bits per heavy atom. The maximum atomic E-state index is 13.6. The number of rotatable bonds is 8. The van der Waals surface area contributed by atoms with E-state index in [0.29, 0.717) is 16.4 Å². The van der Waals surface area contributed by atoms with Gasteiger partial charge in [-0.1, -0.05) is 31.3 Å². The van der Waals surface area contributed by atoms with Crippen molar-refractivity contribution in [3.63, 3.8) is 0 Å². The van der Waals surface area contributed by atoms with Crippen LogP contribution in [-0.2, 0) is 17.5 Å². The number of nitrogens with one attached hydrogen (secondary N) is 4. The molecule has 0 spiro atoms. The van der Waals surface area contributed by atoms with Crippen LogP contribution in [0.25, 0.3) is 5.70 Å². The highest BCUT2D eigenvalue weighted by Gasteiger charge is 2.31. The van der Waals surface area contributed by atoms with Crippen LogP contribution in [0.15, 0.2) is 48.8 Å². The molecule has 0 fully saturated rings. The average molecular weight is 590 g/mol.